The first kappa shape index (κ1) is 25.7. The van der Waals surface area contributed by atoms with Crippen LogP contribution in [0.4, 0.5) is 0 Å². The maximum atomic E-state index is 13.5. The summed E-state index contributed by atoms with van der Waals surface area (Å²) in [6, 6.07) is 11.5. The average molecular weight is 634 g/mol. The predicted molar refractivity (Wildman–Crippen MR) is 150 cm³/mol. The molecule has 0 aromatic heterocycles. The van der Waals surface area contributed by atoms with Crippen molar-refractivity contribution in [3.05, 3.63) is 57.6 Å². The maximum Gasteiger partial charge on any atom is 0.227 e. The van der Waals surface area contributed by atoms with E-state index < -0.39 is 11.0 Å². The number of ether oxygens (including phenoxy) is 1. The minimum absolute atomic E-state index is 0. The van der Waals surface area contributed by atoms with Crippen molar-refractivity contribution in [2.45, 2.75) is 74.1 Å². The molecular weight excluding hydrogens is 600 g/mol. The number of hydrogen-bond acceptors (Lipinski definition) is 5. The van der Waals surface area contributed by atoms with Gasteiger partial charge in [-0.1, -0.05) is 34.1 Å². The highest BCUT2D eigenvalue weighted by Crippen LogP contribution is 2.66. The Morgan fingerprint density at radius 1 is 1.16 bits per heavy atom. The summed E-state index contributed by atoms with van der Waals surface area (Å²) in [5.41, 5.74) is 1.64. The highest BCUT2D eigenvalue weighted by Gasteiger charge is 2.73. The Morgan fingerprint density at radius 2 is 1.92 bits per heavy atom. The highest BCUT2D eigenvalue weighted by molar-refractivity contribution is 9.10. The van der Waals surface area contributed by atoms with Gasteiger partial charge in [-0.3, -0.25) is 9.69 Å². The smallest absolute Gasteiger partial charge is 0.227 e. The van der Waals surface area contributed by atoms with E-state index in [1.54, 1.807) is 6.07 Å². The molecule has 5 atom stereocenters. The average Bonchev–Trinajstić information content (AvgIpc) is 3.60. The number of benzene rings is 2. The molecule has 2 aromatic rings. The molecule has 2 aliphatic heterocycles. The normalized spacial score (nSPS) is 33.2. The number of likely N-dealkylation sites (tertiary alicyclic amines) is 1. The lowest BCUT2D eigenvalue weighted by molar-refractivity contribution is -0.200. The lowest BCUT2D eigenvalue weighted by Crippen LogP contribution is -2.78. The van der Waals surface area contributed by atoms with E-state index in [9.17, 15) is 15.0 Å². The summed E-state index contributed by atoms with van der Waals surface area (Å²) in [7, 11) is 1.88. The number of nitrogens with zero attached hydrogens (tertiary/aromatic N) is 2. The van der Waals surface area contributed by atoms with Crippen LogP contribution in [0.2, 0.25) is 0 Å². The van der Waals surface area contributed by atoms with Crippen LogP contribution >= 0.6 is 32.9 Å². The van der Waals surface area contributed by atoms with Gasteiger partial charge in [-0.25, -0.2) is 0 Å². The largest absolute Gasteiger partial charge is 0.504 e. The van der Waals surface area contributed by atoms with E-state index >= 15 is 0 Å². The molecule has 198 valence electrons. The zero-order valence-electron chi connectivity index (χ0n) is 21.0. The number of amides is 1. The van der Waals surface area contributed by atoms with Crippen LogP contribution in [0.25, 0.3) is 0 Å². The van der Waals surface area contributed by atoms with Gasteiger partial charge in [0, 0.05) is 29.7 Å². The Labute approximate surface area is 236 Å². The van der Waals surface area contributed by atoms with Crippen LogP contribution in [0, 0.1) is 5.92 Å². The fourth-order valence-electron chi connectivity index (χ4n) is 7.94. The van der Waals surface area contributed by atoms with Gasteiger partial charge in [-0.15, -0.1) is 17.0 Å². The predicted octanol–water partition coefficient (Wildman–Crippen LogP) is 4.37. The topological polar surface area (TPSA) is 73.2 Å². The third-order valence-electron chi connectivity index (χ3n) is 9.89. The van der Waals surface area contributed by atoms with Crippen molar-refractivity contribution in [1.29, 1.82) is 0 Å². The second-order valence-corrected chi connectivity index (χ2v) is 12.6. The molecule has 1 spiro atoms. The molecule has 3 aliphatic carbocycles. The van der Waals surface area contributed by atoms with Crippen molar-refractivity contribution in [3.8, 4) is 11.5 Å². The molecule has 0 radical (unpaired) electrons. The van der Waals surface area contributed by atoms with Crippen molar-refractivity contribution in [3.63, 3.8) is 0 Å². The molecule has 1 saturated heterocycles. The standard InChI is InChI=1S/C29H33BrN2O4.BrH/c1-31(24(34)14-17-4-7-20(30)8-5-17)21-10-11-29(35)23-15-19-6-9-22(33)26-25(19)28(29,27(21)36-26)12-13-32(23)16-18-2-3-18;/h4-9,18,21,23,27,33,35H,2-3,10-16H2,1H3;1H/t21-,23+,27-,28-,29+;/m0./s1. The summed E-state index contributed by atoms with van der Waals surface area (Å²) in [6.45, 7) is 1.98. The molecule has 6 nitrogen and oxygen atoms in total. The molecule has 3 fully saturated rings. The summed E-state index contributed by atoms with van der Waals surface area (Å²) in [5, 5.41) is 23.4. The van der Waals surface area contributed by atoms with Gasteiger partial charge in [-0.05, 0) is 80.3 Å². The Morgan fingerprint density at radius 3 is 2.65 bits per heavy atom. The molecule has 8 heteroatoms. The van der Waals surface area contributed by atoms with Crippen LogP contribution in [0.3, 0.4) is 0 Å². The SMILES string of the molecule is Br.CN(C(=O)Cc1ccc(Br)cc1)[C@H]1CC[C@@]2(O)[C@H]3Cc4ccc(O)c5c4[C@@]2(CCN3CC2CC2)[C@H]1O5. The van der Waals surface area contributed by atoms with Crippen LogP contribution in [0.1, 0.15) is 48.8 Å². The van der Waals surface area contributed by atoms with E-state index in [2.05, 4.69) is 20.8 Å². The van der Waals surface area contributed by atoms with E-state index in [0.29, 0.717) is 25.0 Å². The second kappa shape index (κ2) is 8.97. The second-order valence-electron chi connectivity index (χ2n) is 11.7. The number of hydrogen-bond donors (Lipinski definition) is 2. The zero-order chi connectivity index (χ0) is 24.8. The van der Waals surface area contributed by atoms with Gasteiger partial charge in [0.25, 0.3) is 0 Å². The number of carbonyl (C=O) groups is 1. The molecule has 5 aliphatic rings. The van der Waals surface area contributed by atoms with Gasteiger partial charge in [0.2, 0.25) is 5.91 Å². The number of piperidine rings is 1. The van der Waals surface area contributed by atoms with Gasteiger partial charge < -0.3 is 19.8 Å². The molecule has 2 aromatic carbocycles. The maximum absolute atomic E-state index is 13.5. The Hall–Kier alpha value is -1.61. The molecule has 7 rings (SSSR count). The van der Waals surface area contributed by atoms with E-state index in [1.807, 2.05) is 42.3 Å². The Kier molecular flexibility index (Phi) is 6.22. The molecule has 2 N–H and O–H groups in total. The summed E-state index contributed by atoms with van der Waals surface area (Å²) in [6.07, 6.45) is 5.42. The third kappa shape index (κ3) is 3.65. The molecular formula is C29H34Br2N2O4. The number of rotatable bonds is 5. The summed E-state index contributed by atoms with van der Waals surface area (Å²) in [4.78, 5) is 17.8. The Bertz CT molecular complexity index is 1240. The number of halogens is 2. The highest BCUT2D eigenvalue weighted by atomic mass is 79.9. The van der Waals surface area contributed by atoms with Gasteiger partial charge >= 0.3 is 0 Å². The van der Waals surface area contributed by atoms with Crippen molar-refractivity contribution >= 4 is 38.8 Å². The molecule has 1 amide bonds. The van der Waals surface area contributed by atoms with Crippen LogP contribution in [0.15, 0.2) is 40.9 Å². The lowest BCUT2D eigenvalue weighted by Gasteiger charge is -2.64. The van der Waals surface area contributed by atoms with Crippen molar-refractivity contribution < 1.29 is 19.7 Å². The summed E-state index contributed by atoms with van der Waals surface area (Å²) < 4.78 is 7.62. The van der Waals surface area contributed by atoms with E-state index in [4.69, 9.17) is 4.74 Å². The first-order chi connectivity index (χ1) is 17.3. The van der Waals surface area contributed by atoms with Gasteiger partial charge in [0.1, 0.15) is 6.10 Å². The summed E-state index contributed by atoms with van der Waals surface area (Å²) >= 11 is 3.46. The number of aliphatic hydroxyl groups is 1. The number of carbonyl (C=O) groups excluding carboxylic acids is 1. The lowest BCUT2D eigenvalue weighted by atomic mass is 9.48. The van der Waals surface area contributed by atoms with E-state index in [-0.39, 0.29) is 46.8 Å². The Balaban J connectivity index is 0.00000252. The number of likely N-dealkylation sites (N-methyl/N-ethyl adjacent to an activating group) is 1. The van der Waals surface area contributed by atoms with Gasteiger partial charge in [-0.2, -0.15) is 0 Å². The van der Waals surface area contributed by atoms with Crippen LogP contribution in [0.5, 0.6) is 11.5 Å². The fourth-order valence-corrected chi connectivity index (χ4v) is 8.20. The molecule has 0 unspecified atom stereocenters. The number of phenols is 1. The zero-order valence-corrected chi connectivity index (χ0v) is 24.3. The molecule has 2 heterocycles. The van der Waals surface area contributed by atoms with Crippen molar-refractivity contribution in [2.75, 3.05) is 20.1 Å². The third-order valence-corrected chi connectivity index (χ3v) is 10.4. The monoisotopic (exact) mass is 632 g/mol. The van der Waals surface area contributed by atoms with Gasteiger partial charge in [0.05, 0.1) is 23.5 Å². The molecule has 2 bridgehead atoms. The van der Waals surface area contributed by atoms with Gasteiger partial charge in [0.15, 0.2) is 11.5 Å². The van der Waals surface area contributed by atoms with Crippen LogP contribution in [-0.4, -0.2) is 69.8 Å². The van der Waals surface area contributed by atoms with Crippen LogP contribution < -0.4 is 4.74 Å². The number of aromatic hydroxyl groups is 1. The number of phenolic OH excluding ortho intramolecular Hbond substituents is 1. The van der Waals surface area contributed by atoms with Crippen molar-refractivity contribution in [1.82, 2.24) is 9.80 Å². The minimum Gasteiger partial charge on any atom is -0.504 e. The quantitative estimate of drug-likeness (QED) is 0.512. The van der Waals surface area contributed by atoms with E-state index in [1.165, 1.54) is 18.4 Å². The fraction of sp³-hybridized carbons (Fsp3) is 0.552. The van der Waals surface area contributed by atoms with E-state index in [0.717, 1.165) is 47.4 Å². The summed E-state index contributed by atoms with van der Waals surface area (Å²) in [5.74, 6) is 1.48. The minimum atomic E-state index is -0.928. The first-order valence-electron chi connectivity index (χ1n) is 13.3. The van der Waals surface area contributed by atoms with Crippen molar-refractivity contribution in [2.24, 2.45) is 5.92 Å². The molecule has 37 heavy (non-hydrogen) atoms. The molecule has 2 saturated carbocycles. The first-order valence-corrected chi connectivity index (χ1v) is 14.1. The van der Waals surface area contributed by atoms with Crippen LogP contribution in [-0.2, 0) is 23.1 Å².